The summed E-state index contributed by atoms with van der Waals surface area (Å²) in [6, 6.07) is 7.94. The number of thiazole rings is 1. The molecule has 1 aromatic heterocycles. The zero-order valence-electron chi connectivity index (χ0n) is 11.8. The van der Waals surface area contributed by atoms with Gasteiger partial charge in [-0.2, -0.15) is 0 Å². The van der Waals surface area contributed by atoms with Crippen LogP contribution in [0.1, 0.15) is 34.1 Å². The van der Waals surface area contributed by atoms with Gasteiger partial charge in [-0.1, -0.05) is 26.0 Å². The maximum absolute atomic E-state index is 12.7. The van der Waals surface area contributed by atoms with E-state index in [1.807, 2.05) is 35.5 Å². The molecule has 104 valence electrons. The monoisotopic (exact) mass is 296 g/mol. The summed E-state index contributed by atoms with van der Waals surface area (Å²) < 4.78 is 16.5. The van der Waals surface area contributed by atoms with Gasteiger partial charge in [0.25, 0.3) is 0 Å². The fourth-order valence-corrected chi connectivity index (χ4v) is 4.66. The number of fused-ring (bicyclic) bond motifs is 1. The highest BCUT2D eigenvalue weighted by molar-refractivity contribution is 7.85. The van der Waals surface area contributed by atoms with Crippen molar-refractivity contribution in [3.63, 3.8) is 0 Å². The van der Waals surface area contributed by atoms with E-state index in [9.17, 15) is 4.21 Å². The van der Waals surface area contributed by atoms with Gasteiger partial charge in [0.1, 0.15) is 0 Å². The van der Waals surface area contributed by atoms with E-state index in [1.165, 1.54) is 11.3 Å². The van der Waals surface area contributed by atoms with E-state index in [2.05, 4.69) is 25.8 Å². The molecule has 0 saturated heterocycles. The van der Waals surface area contributed by atoms with Crippen molar-refractivity contribution >= 4 is 32.5 Å². The average Bonchev–Trinajstić information content (AvgIpc) is 2.83. The Morgan fingerprint density at radius 2 is 2.00 bits per heavy atom. The summed E-state index contributed by atoms with van der Waals surface area (Å²) >= 11 is 1.52. The number of rotatable bonds is 5. The van der Waals surface area contributed by atoms with Crippen molar-refractivity contribution in [2.45, 2.75) is 44.0 Å². The smallest absolute Gasteiger partial charge is 0.197 e. The van der Waals surface area contributed by atoms with Gasteiger partial charge in [0.05, 0.1) is 10.2 Å². The quantitative estimate of drug-likeness (QED) is 0.840. The second-order valence-electron chi connectivity index (χ2n) is 5.06. The maximum atomic E-state index is 12.7. The molecule has 0 radical (unpaired) electrons. The predicted molar refractivity (Wildman–Crippen MR) is 82.8 cm³/mol. The lowest BCUT2D eigenvalue weighted by Gasteiger charge is -2.34. The van der Waals surface area contributed by atoms with Crippen LogP contribution in [0.4, 0.5) is 0 Å². The average molecular weight is 296 g/mol. The Balaban J connectivity index is 2.37. The maximum Gasteiger partial charge on any atom is 0.197 e. The minimum atomic E-state index is -1.18. The van der Waals surface area contributed by atoms with E-state index < -0.39 is 11.0 Å². The van der Waals surface area contributed by atoms with Crippen molar-refractivity contribution in [2.24, 2.45) is 0 Å². The molecule has 0 spiro atoms. The van der Waals surface area contributed by atoms with Crippen LogP contribution in [0.3, 0.4) is 0 Å². The lowest BCUT2D eigenvalue weighted by Crippen LogP contribution is -2.44. The standard InChI is InChI=1S/C14H20N2OS2/c1-5-14(3,4)16(6-2)19(17)13-15-11-9-7-8-10-12(11)18-13/h7-10H,5-6H2,1-4H3. The Labute approximate surface area is 121 Å². The molecule has 1 heterocycles. The van der Waals surface area contributed by atoms with Gasteiger partial charge in [0.2, 0.25) is 0 Å². The van der Waals surface area contributed by atoms with Crippen LogP contribution in [0, 0.1) is 0 Å². The van der Waals surface area contributed by atoms with Gasteiger partial charge < -0.3 is 0 Å². The van der Waals surface area contributed by atoms with Crippen molar-refractivity contribution in [3.05, 3.63) is 24.3 Å². The number of hydrogen-bond acceptors (Lipinski definition) is 3. The van der Waals surface area contributed by atoms with E-state index in [0.717, 1.165) is 23.2 Å². The Hall–Kier alpha value is -0.780. The molecule has 1 unspecified atom stereocenters. The third-order valence-corrected chi connectivity index (χ3v) is 6.50. The fraction of sp³-hybridized carbons (Fsp3) is 0.500. The fourth-order valence-electron chi connectivity index (χ4n) is 1.97. The molecule has 2 rings (SSSR count). The van der Waals surface area contributed by atoms with Crippen LogP contribution in [0.2, 0.25) is 0 Å². The zero-order chi connectivity index (χ0) is 14.0. The van der Waals surface area contributed by atoms with Gasteiger partial charge >= 0.3 is 0 Å². The first-order valence-electron chi connectivity index (χ1n) is 6.54. The summed E-state index contributed by atoms with van der Waals surface area (Å²) in [5.74, 6) is 0. The van der Waals surface area contributed by atoms with Crippen LogP contribution in [0.15, 0.2) is 28.6 Å². The lowest BCUT2D eigenvalue weighted by molar-refractivity contribution is 0.240. The molecule has 1 atom stereocenters. The van der Waals surface area contributed by atoms with Gasteiger partial charge in [-0.15, -0.1) is 11.3 Å². The normalized spacial score (nSPS) is 14.2. The topological polar surface area (TPSA) is 33.2 Å². The summed E-state index contributed by atoms with van der Waals surface area (Å²) in [6.45, 7) is 9.17. The second kappa shape index (κ2) is 5.69. The predicted octanol–water partition coefficient (Wildman–Crippen LogP) is 3.83. The van der Waals surface area contributed by atoms with E-state index in [1.54, 1.807) is 0 Å². The highest BCUT2D eigenvalue weighted by Gasteiger charge is 2.30. The van der Waals surface area contributed by atoms with Crippen LogP contribution in [-0.2, 0) is 11.0 Å². The number of hydrogen-bond donors (Lipinski definition) is 0. The highest BCUT2D eigenvalue weighted by atomic mass is 32.2. The van der Waals surface area contributed by atoms with E-state index in [-0.39, 0.29) is 5.54 Å². The second-order valence-corrected chi connectivity index (χ2v) is 7.67. The van der Waals surface area contributed by atoms with Crippen molar-refractivity contribution in [1.82, 2.24) is 9.29 Å². The van der Waals surface area contributed by atoms with Gasteiger partial charge in [0, 0.05) is 12.1 Å². The molecular weight excluding hydrogens is 276 g/mol. The molecule has 0 aliphatic carbocycles. The highest BCUT2D eigenvalue weighted by Crippen LogP contribution is 2.29. The van der Waals surface area contributed by atoms with Crippen LogP contribution in [0.5, 0.6) is 0 Å². The molecule has 0 N–H and O–H groups in total. The molecule has 0 aliphatic heterocycles. The molecule has 2 aromatic rings. The third kappa shape index (κ3) is 2.88. The van der Waals surface area contributed by atoms with Crippen LogP contribution < -0.4 is 0 Å². The Morgan fingerprint density at radius 1 is 1.32 bits per heavy atom. The molecule has 5 heteroatoms. The van der Waals surface area contributed by atoms with Gasteiger partial charge in [-0.3, -0.25) is 0 Å². The van der Waals surface area contributed by atoms with Crippen molar-refractivity contribution in [1.29, 1.82) is 0 Å². The molecule has 0 bridgehead atoms. The first-order chi connectivity index (χ1) is 8.99. The number of nitrogens with zero attached hydrogens (tertiary/aromatic N) is 2. The summed E-state index contributed by atoms with van der Waals surface area (Å²) in [5, 5.41) is 0. The summed E-state index contributed by atoms with van der Waals surface area (Å²) in [7, 11) is -1.18. The third-order valence-electron chi connectivity index (χ3n) is 3.45. The van der Waals surface area contributed by atoms with Gasteiger partial charge in [-0.25, -0.2) is 13.5 Å². The Morgan fingerprint density at radius 3 is 2.58 bits per heavy atom. The van der Waals surface area contributed by atoms with Crippen LogP contribution in [-0.4, -0.2) is 25.6 Å². The SMILES string of the molecule is CCN(S(=O)c1nc2ccccc2s1)C(C)(C)CC. The van der Waals surface area contributed by atoms with Gasteiger partial charge in [0.15, 0.2) is 15.3 Å². The lowest BCUT2D eigenvalue weighted by atomic mass is 10.0. The summed E-state index contributed by atoms with van der Waals surface area (Å²) in [4.78, 5) is 4.51. The zero-order valence-corrected chi connectivity index (χ0v) is 13.5. The Bertz CT molecular complexity index is 559. The molecule has 19 heavy (non-hydrogen) atoms. The number of aromatic nitrogens is 1. The minimum absolute atomic E-state index is 0.0858. The molecule has 0 aliphatic rings. The van der Waals surface area contributed by atoms with Crippen molar-refractivity contribution < 1.29 is 4.21 Å². The molecule has 0 saturated carbocycles. The van der Waals surface area contributed by atoms with E-state index >= 15 is 0 Å². The molecule has 0 fully saturated rings. The number of para-hydroxylation sites is 1. The first-order valence-corrected chi connectivity index (χ1v) is 8.47. The van der Waals surface area contributed by atoms with E-state index in [4.69, 9.17) is 0 Å². The molecule has 0 amide bonds. The Kier molecular flexibility index (Phi) is 4.38. The first kappa shape index (κ1) is 14.6. The van der Waals surface area contributed by atoms with E-state index in [0.29, 0.717) is 4.34 Å². The molecule has 1 aromatic carbocycles. The van der Waals surface area contributed by atoms with Gasteiger partial charge in [-0.05, 0) is 32.4 Å². The summed E-state index contributed by atoms with van der Waals surface area (Å²) in [6.07, 6.45) is 0.956. The largest absolute Gasteiger partial charge is 0.235 e. The molecule has 3 nitrogen and oxygen atoms in total. The summed E-state index contributed by atoms with van der Waals surface area (Å²) in [5.41, 5.74) is 0.846. The van der Waals surface area contributed by atoms with Crippen molar-refractivity contribution in [2.75, 3.05) is 6.54 Å². The molecular formula is C14H20N2OS2. The van der Waals surface area contributed by atoms with Crippen molar-refractivity contribution in [3.8, 4) is 0 Å². The number of benzene rings is 1. The van der Waals surface area contributed by atoms with Crippen LogP contribution in [0.25, 0.3) is 10.2 Å². The minimum Gasteiger partial charge on any atom is -0.235 e. The van der Waals surface area contributed by atoms with Crippen LogP contribution >= 0.6 is 11.3 Å².